The van der Waals surface area contributed by atoms with Crippen molar-refractivity contribution in [2.24, 2.45) is 5.92 Å². The average Bonchev–Trinajstić information content (AvgIpc) is 3.24. The summed E-state index contributed by atoms with van der Waals surface area (Å²) in [5.41, 5.74) is 0.819. The van der Waals surface area contributed by atoms with E-state index in [0.29, 0.717) is 41.9 Å². The molecule has 7 nitrogen and oxygen atoms in total. The third-order valence-corrected chi connectivity index (χ3v) is 5.60. The average molecular weight is 407 g/mol. The van der Waals surface area contributed by atoms with Gasteiger partial charge in [0.1, 0.15) is 11.8 Å². The first-order chi connectivity index (χ1) is 13.1. The van der Waals surface area contributed by atoms with Crippen molar-refractivity contribution in [3.05, 3.63) is 41.5 Å². The van der Waals surface area contributed by atoms with E-state index in [2.05, 4.69) is 20.8 Å². The highest BCUT2D eigenvalue weighted by atomic mass is 35.5. The Hall–Kier alpha value is -2.12. The molecular formula is C20H27ClN4O3. The van der Waals surface area contributed by atoms with E-state index in [9.17, 15) is 4.79 Å². The van der Waals surface area contributed by atoms with E-state index < -0.39 is 6.04 Å². The number of halogens is 1. The third kappa shape index (κ3) is 4.47. The van der Waals surface area contributed by atoms with Gasteiger partial charge in [0, 0.05) is 31.0 Å². The van der Waals surface area contributed by atoms with Gasteiger partial charge in [-0.2, -0.15) is 4.98 Å². The van der Waals surface area contributed by atoms with Gasteiger partial charge >= 0.3 is 0 Å². The van der Waals surface area contributed by atoms with Crippen molar-refractivity contribution in [1.82, 2.24) is 20.8 Å². The molecule has 8 heteroatoms. The van der Waals surface area contributed by atoms with Crippen molar-refractivity contribution in [3.8, 4) is 5.75 Å². The van der Waals surface area contributed by atoms with Gasteiger partial charge in [-0.15, -0.1) is 12.4 Å². The first-order valence-corrected chi connectivity index (χ1v) is 9.61. The zero-order valence-electron chi connectivity index (χ0n) is 16.2. The lowest BCUT2D eigenvalue weighted by atomic mass is 9.89. The lowest BCUT2D eigenvalue weighted by Gasteiger charge is -2.29. The Morgan fingerprint density at radius 3 is 2.68 bits per heavy atom. The Balaban J connectivity index is 0.00000225. The number of ether oxygens (including phenoxy) is 1. The topological polar surface area (TPSA) is 89.3 Å². The molecule has 0 spiro atoms. The highest BCUT2D eigenvalue weighted by molar-refractivity contribution is 5.85. The summed E-state index contributed by atoms with van der Waals surface area (Å²) in [6.45, 7) is 1.74. The van der Waals surface area contributed by atoms with E-state index in [1.807, 2.05) is 24.3 Å². The van der Waals surface area contributed by atoms with Crippen LogP contribution in [0.25, 0.3) is 0 Å². The summed E-state index contributed by atoms with van der Waals surface area (Å²) in [6.07, 6.45) is 5.13. The fourth-order valence-electron chi connectivity index (χ4n) is 4.44. The number of aryl methyl sites for hydroxylation is 1. The minimum Gasteiger partial charge on any atom is -0.496 e. The summed E-state index contributed by atoms with van der Waals surface area (Å²) in [4.78, 5) is 17.2. The Labute approximate surface area is 171 Å². The molecule has 0 aliphatic carbocycles. The lowest BCUT2D eigenvalue weighted by molar-refractivity contribution is -0.122. The Morgan fingerprint density at radius 2 is 2.04 bits per heavy atom. The molecule has 0 saturated carbocycles. The molecule has 2 saturated heterocycles. The highest BCUT2D eigenvalue weighted by Gasteiger charge is 2.35. The van der Waals surface area contributed by atoms with E-state index in [1.165, 1.54) is 12.8 Å². The smallest absolute Gasteiger partial charge is 0.223 e. The molecule has 2 aliphatic rings. The molecular weight excluding hydrogens is 380 g/mol. The molecule has 1 aromatic carbocycles. The van der Waals surface area contributed by atoms with Crippen LogP contribution >= 0.6 is 12.4 Å². The van der Waals surface area contributed by atoms with Gasteiger partial charge in [-0.1, -0.05) is 23.4 Å². The summed E-state index contributed by atoms with van der Waals surface area (Å²) in [7, 11) is 1.62. The molecule has 3 atom stereocenters. The van der Waals surface area contributed by atoms with Crippen LogP contribution in [-0.4, -0.2) is 35.2 Å². The van der Waals surface area contributed by atoms with Gasteiger partial charge in [-0.3, -0.25) is 4.79 Å². The fraction of sp³-hybridized carbons (Fsp3) is 0.550. The maximum atomic E-state index is 12.9. The van der Waals surface area contributed by atoms with Crippen LogP contribution < -0.4 is 15.4 Å². The second kappa shape index (κ2) is 8.92. The molecule has 2 N–H and O–H groups in total. The van der Waals surface area contributed by atoms with Gasteiger partial charge in [0.25, 0.3) is 0 Å². The predicted octanol–water partition coefficient (Wildman–Crippen LogP) is 2.93. The maximum Gasteiger partial charge on any atom is 0.223 e. The van der Waals surface area contributed by atoms with E-state index in [1.54, 1.807) is 14.0 Å². The molecule has 3 heterocycles. The molecule has 152 valence electrons. The zero-order chi connectivity index (χ0) is 18.8. The Morgan fingerprint density at radius 1 is 1.32 bits per heavy atom. The number of methoxy groups -OCH3 is 1. The van der Waals surface area contributed by atoms with Crippen molar-refractivity contribution >= 4 is 18.3 Å². The largest absolute Gasteiger partial charge is 0.496 e. The number of fused-ring (bicyclic) bond motifs is 2. The van der Waals surface area contributed by atoms with Crippen molar-refractivity contribution < 1.29 is 14.1 Å². The number of para-hydroxylation sites is 1. The maximum absolute atomic E-state index is 12.9. The first kappa shape index (κ1) is 20.6. The number of aromatic nitrogens is 2. The van der Waals surface area contributed by atoms with Crippen LogP contribution in [-0.2, 0) is 4.79 Å². The number of amides is 1. The summed E-state index contributed by atoms with van der Waals surface area (Å²) < 4.78 is 10.6. The van der Waals surface area contributed by atoms with Crippen molar-refractivity contribution in [2.75, 3.05) is 7.11 Å². The van der Waals surface area contributed by atoms with Crippen molar-refractivity contribution in [2.45, 2.75) is 57.2 Å². The monoisotopic (exact) mass is 406 g/mol. The minimum absolute atomic E-state index is 0. The van der Waals surface area contributed by atoms with E-state index in [0.717, 1.165) is 18.4 Å². The standard InChI is InChI=1S/C20H26N4O3.ClH/c1-12-21-20(24-27-12)19(16-5-3-4-6-17(16)26-2)23-18(25)11-13-9-14-7-8-15(10-13)22-14;/h3-6,13-15,19,22H,7-11H2,1-2H3,(H,23,25);1H. The predicted molar refractivity (Wildman–Crippen MR) is 107 cm³/mol. The van der Waals surface area contributed by atoms with Gasteiger partial charge in [0.15, 0.2) is 5.82 Å². The van der Waals surface area contributed by atoms with Crippen LogP contribution in [0.3, 0.4) is 0 Å². The molecule has 2 bridgehead atoms. The number of rotatable bonds is 6. The lowest BCUT2D eigenvalue weighted by Crippen LogP contribution is -2.40. The third-order valence-electron chi connectivity index (χ3n) is 5.60. The van der Waals surface area contributed by atoms with Gasteiger partial charge in [-0.25, -0.2) is 0 Å². The SMILES string of the molecule is COc1ccccc1C(NC(=O)CC1CC2CCC(C1)N2)c1noc(C)n1.Cl. The summed E-state index contributed by atoms with van der Waals surface area (Å²) in [5.74, 6) is 2.03. The zero-order valence-corrected chi connectivity index (χ0v) is 17.0. The first-order valence-electron chi connectivity index (χ1n) is 9.61. The van der Waals surface area contributed by atoms with Gasteiger partial charge in [-0.05, 0) is 37.7 Å². The van der Waals surface area contributed by atoms with Crippen LogP contribution in [0.2, 0.25) is 0 Å². The van der Waals surface area contributed by atoms with Gasteiger partial charge in [0.2, 0.25) is 11.8 Å². The number of nitrogens with zero attached hydrogens (tertiary/aromatic N) is 2. The van der Waals surface area contributed by atoms with Gasteiger partial charge < -0.3 is 19.9 Å². The van der Waals surface area contributed by atoms with Crippen LogP contribution in [0.1, 0.15) is 55.4 Å². The van der Waals surface area contributed by atoms with Crippen LogP contribution in [0.4, 0.5) is 0 Å². The normalized spacial score (nSPS) is 24.3. The Kier molecular flexibility index (Phi) is 6.57. The number of carbonyl (C=O) groups excluding carboxylic acids is 1. The van der Waals surface area contributed by atoms with E-state index in [4.69, 9.17) is 9.26 Å². The second-order valence-corrected chi connectivity index (χ2v) is 7.59. The molecule has 2 aliphatic heterocycles. The molecule has 1 aromatic heterocycles. The molecule has 2 fully saturated rings. The highest BCUT2D eigenvalue weighted by Crippen LogP contribution is 2.33. The molecule has 1 amide bonds. The van der Waals surface area contributed by atoms with E-state index >= 15 is 0 Å². The number of hydrogen-bond donors (Lipinski definition) is 2. The van der Waals surface area contributed by atoms with Crippen molar-refractivity contribution in [1.29, 1.82) is 0 Å². The number of nitrogens with one attached hydrogen (secondary N) is 2. The molecule has 0 radical (unpaired) electrons. The second-order valence-electron chi connectivity index (χ2n) is 7.59. The molecule has 4 rings (SSSR count). The van der Waals surface area contributed by atoms with Gasteiger partial charge in [0.05, 0.1) is 7.11 Å². The Bertz CT molecular complexity index is 800. The van der Waals surface area contributed by atoms with Crippen LogP contribution in [0.5, 0.6) is 5.75 Å². The fourth-order valence-corrected chi connectivity index (χ4v) is 4.44. The molecule has 3 unspecified atom stereocenters. The summed E-state index contributed by atoms with van der Waals surface area (Å²) in [5, 5.41) is 10.8. The summed E-state index contributed by atoms with van der Waals surface area (Å²) in [6, 6.07) is 8.25. The van der Waals surface area contributed by atoms with Crippen LogP contribution in [0.15, 0.2) is 28.8 Å². The number of benzene rings is 1. The minimum atomic E-state index is -0.496. The number of piperidine rings is 1. The van der Waals surface area contributed by atoms with E-state index in [-0.39, 0.29) is 18.3 Å². The quantitative estimate of drug-likeness (QED) is 0.766. The summed E-state index contributed by atoms with van der Waals surface area (Å²) >= 11 is 0. The molecule has 28 heavy (non-hydrogen) atoms. The molecule has 2 aromatic rings. The number of carbonyl (C=O) groups is 1. The van der Waals surface area contributed by atoms with Crippen molar-refractivity contribution in [3.63, 3.8) is 0 Å². The number of hydrogen-bond acceptors (Lipinski definition) is 6. The van der Waals surface area contributed by atoms with Crippen LogP contribution in [0, 0.1) is 12.8 Å².